The smallest absolute Gasteiger partial charge is 0.244 e. The minimum absolute atomic E-state index is 0.274. The van der Waals surface area contributed by atoms with Crippen molar-refractivity contribution in [2.45, 2.75) is 6.54 Å². The molecular formula is C14H15N5O2. The molecule has 21 heavy (non-hydrogen) atoms. The maximum Gasteiger partial charge on any atom is 0.244 e. The summed E-state index contributed by atoms with van der Waals surface area (Å²) in [5, 5.41) is 14.0. The van der Waals surface area contributed by atoms with Gasteiger partial charge < -0.3 is 20.1 Å². The SMILES string of the molecule is C=CCNc1cnnc(NCc2ccc3c(c2)OCO3)n1. The molecule has 2 heterocycles. The van der Waals surface area contributed by atoms with Crippen LogP contribution in [0.5, 0.6) is 11.5 Å². The first-order valence-corrected chi connectivity index (χ1v) is 6.52. The number of hydrogen-bond donors (Lipinski definition) is 2. The van der Waals surface area contributed by atoms with Crippen molar-refractivity contribution in [3.05, 3.63) is 42.6 Å². The van der Waals surface area contributed by atoms with E-state index >= 15 is 0 Å². The maximum absolute atomic E-state index is 5.34. The first-order valence-electron chi connectivity index (χ1n) is 6.52. The highest BCUT2D eigenvalue weighted by Gasteiger charge is 2.13. The normalized spacial score (nSPS) is 12.0. The topological polar surface area (TPSA) is 81.2 Å². The highest BCUT2D eigenvalue weighted by atomic mass is 16.7. The molecule has 0 aliphatic carbocycles. The fourth-order valence-corrected chi connectivity index (χ4v) is 1.87. The Morgan fingerprint density at radius 1 is 1.24 bits per heavy atom. The van der Waals surface area contributed by atoms with Crippen molar-refractivity contribution in [1.82, 2.24) is 15.2 Å². The molecule has 0 saturated heterocycles. The zero-order chi connectivity index (χ0) is 14.5. The number of benzene rings is 1. The van der Waals surface area contributed by atoms with E-state index in [1.54, 1.807) is 12.3 Å². The lowest BCUT2D eigenvalue weighted by molar-refractivity contribution is 0.174. The Morgan fingerprint density at radius 2 is 2.14 bits per heavy atom. The highest BCUT2D eigenvalue weighted by molar-refractivity contribution is 5.45. The number of ether oxygens (including phenoxy) is 2. The third-order valence-electron chi connectivity index (χ3n) is 2.87. The van der Waals surface area contributed by atoms with E-state index in [4.69, 9.17) is 9.47 Å². The van der Waals surface area contributed by atoms with Crippen molar-refractivity contribution in [3.63, 3.8) is 0 Å². The number of nitrogens with zero attached hydrogens (tertiary/aromatic N) is 3. The molecule has 1 aromatic heterocycles. The van der Waals surface area contributed by atoms with Crippen LogP contribution in [0, 0.1) is 0 Å². The summed E-state index contributed by atoms with van der Waals surface area (Å²) in [6, 6.07) is 5.79. The summed E-state index contributed by atoms with van der Waals surface area (Å²) in [4.78, 5) is 4.30. The third-order valence-corrected chi connectivity index (χ3v) is 2.87. The molecule has 0 fully saturated rings. The van der Waals surface area contributed by atoms with Crippen LogP contribution in [0.1, 0.15) is 5.56 Å². The highest BCUT2D eigenvalue weighted by Crippen LogP contribution is 2.32. The van der Waals surface area contributed by atoms with Crippen LogP contribution in [0.2, 0.25) is 0 Å². The van der Waals surface area contributed by atoms with Crippen LogP contribution in [-0.2, 0) is 6.54 Å². The van der Waals surface area contributed by atoms with Gasteiger partial charge in [0.15, 0.2) is 17.3 Å². The first-order chi connectivity index (χ1) is 10.3. The van der Waals surface area contributed by atoms with E-state index in [2.05, 4.69) is 32.4 Å². The molecule has 0 unspecified atom stereocenters. The molecular weight excluding hydrogens is 270 g/mol. The van der Waals surface area contributed by atoms with E-state index in [9.17, 15) is 0 Å². The Balaban J connectivity index is 1.63. The van der Waals surface area contributed by atoms with Crippen LogP contribution in [-0.4, -0.2) is 28.5 Å². The molecule has 3 rings (SSSR count). The maximum atomic E-state index is 5.34. The molecule has 1 aromatic carbocycles. The van der Waals surface area contributed by atoms with Crippen molar-refractivity contribution in [2.75, 3.05) is 24.0 Å². The molecule has 0 spiro atoms. The second-order valence-corrected chi connectivity index (χ2v) is 4.38. The summed E-state index contributed by atoms with van der Waals surface area (Å²) in [6.07, 6.45) is 3.32. The molecule has 0 atom stereocenters. The van der Waals surface area contributed by atoms with Gasteiger partial charge in [-0.05, 0) is 17.7 Å². The fraction of sp³-hybridized carbons (Fsp3) is 0.214. The van der Waals surface area contributed by atoms with Crippen LogP contribution in [0.15, 0.2) is 37.1 Å². The lowest BCUT2D eigenvalue weighted by atomic mass is 10.2. The second kappa shape index (κ2) is 6.08. The molecule has 0 bridgehead atoms. The van der Waals surface area contributed by atoms with Crippen LogP contribution < -0.4 is 20.1 Å². The van der Waals surface area contributed by atoms with Gasteiger partial charge in [0.2, 0.25) is 12.7 Å². The number of aromatic nitrogens is 3. The Labute approximate surface area is 122 Å². The van der Waals surface area contributed by atoms with Gasteiger partial charge in [0.25, 0.3) is 0 Å². The number of anilines is 2. The van der Waals surface area contributed by atoms with E-state index in [0.29, 0.717) is 24.9 Å². The Morgan fingerprint density at radius 3 is 3.05 bits per heavy atom. The summed E-state index contributed by atoms with van der Waals surface area (Å²) < 4.78 is 10.6. The third kappa shape index (κ3) is 3.19. The Kier molecular flexibility index (Phi) is 3.81. The number of hydrogen-bond acceptors (Lipinski definition) is 7. The predicted molar refractivity (Wildman–Crippen MR) is 78.4 cm³/mol. The van der Waals surface area contributed by atoms with Gasteiger partial charge in [0, 0.05) is 13.1 Å². The fourth-order valence-electron chi connectivity index (χ4n) is 1.87. The van der Waals surface area contributed by atoms with Gasteiger partial charge in [-0.15, -0.1) is 11.7 Å². The van der Waals surface area contributed by atoms with Gasteiger partial charge in [-0.3, -0.25) is 0 Å². The molecule has 108 valence electrons. The van der Waals surface area contributed by atoms with Gasteiger partial charge in [-0.25, -0.2) is 0 Å². The zero-order valence-corrected chi connectivity index (χ0v) is 11.4. The van der Waals surface area contributed by atoms with E-state index < -0.39 is 0 Å². The molecule has 2 N–H and O–H groups in total. The monoisotopic (exact) mass is 285 g/mol. The van der Waals surface area contributed by atoms with Gasteiger partial charge in [-0.2, -0.15) is 10.1 Å². The van der Waals surface area contributed by atoms with E-state index in [-0.39, 0.29) is 6.79 Å². The van der Waals surface area contributed by atoms with E-state index in [0.717, 1.165) is 17.1 Å². The lowest BCUT2D eigenvalue weighted by Gasteiger charge is -2.07. The summed E-state index contributed by atoms with van der Waals surface area (Å²) in [5.41, 5.74) is 1.05. The molecule has 7 heteroatoms. The molecule has 7 nitrogen and oxygen atoms in total. The van der Waals surface area contributed by atoms with Crippen molar-refractivity contribution >= 4 is 11.8 Å². The summed E-state index contributed by atoms with van der Waals surface area (Å²) >= 11 is 0. The van der Waals surface area contributed by atoms with Crippen LogP contribution in [0.4, 0.5) is 11.8 Å². The van der Waals surface area contributed by atoms with Crippen LogP contribution in [0.25, 0.3) is 0 Å². The minimum atomic E-state index is 0.274. The van der Waals surface area contributed by atoms with Crippen molar-refractivity contribution in [3.8, 4) is 11.5 Å². The van der Waals surface area contributed by atoms with E-state index in [1.807, 2.05) is 18.2 Å². The Hall–Kier alpha value is -2.83. The summed E-state index contributed by atoms with van der Waals surface area (Å²) in [5.74, 6) is 2.64. The van der Waals surface area contributed by atoms with Crippen molar-refractivity contribution in [1.29, 1.82) is 0 Å². The molecule has 0 amide bonds. The minimum Gasteiger partial charge on any atom is -0.454 e. The van der Waals surface area contributed by atoms with Gasteiger partial charge in [0.05, 0.1) is 6.20 Å². The molecule has 2 aromatic rings. The van der Waals surface area contributed by atoms with Gasteiger partial charge in [-0.1, -0.05) is 12.1 Å². The second-order valence-electron chi connectivity index (χ2n) is 4.38. The number of nitrogens with one attached hydrogen (secondary N) is 2. The molecule has 1 aliphatic rings. The summed E-state index contributed by atoms with van der Waals surface area (Å²) in [7, 11) is 0. The van der Waals surface area contributed by atoms with Crippen molar-refractivity contribution in [2.24, 2.45) is 0 Å². The van der Waals surface area contributed by atoms with Crippen LogP contribution in [0.3, 0.4) is 0 Å². The largest absolute Gasteiger partial charge is 0.454 e. The molecule has 1 aliphatic heterocycles. The molecule has 0 saturated carbocycles. The van der Waals surface area contributed by atoms with Crippen molar-refractivity contribution < 1.29 is 9.47 Å². The van der Waals surface area contributed by atoms with Crippen LogP contribution >= 0.6 is 0 Å². The number of fused-ring (bicyclic) bond motifs is 1. The average molecular weight is 285 g/mol. The van der Waals surface area contributed by atoms with Gasteiger partial charge >= 0.3 is 0 Å². The summed E-state index contributed by atoms with van der Waals surface area (Å²) in [6.45, 7) is 5.11. The first kappa shape index (κ1) is 13.2. The standard InChI is InChI=1S/C14H15N5O2/c1-2-5-15-13-8-17-19-14(18-13)16-7-10-3-4-11-12(6-10)21-9-20-11/h2-4,6,8H,1,5,7,9H2,(H2,15,16,18,19). The Bertz CT molecular complexity index is 647. The zero-order valence-electron chi connectivity index (χ0n) is 11.4. The quantitative estimate of drug-likeness (QED) is 0.783. The predicted octanol–water partition coefficient (Wildman–Crippen LogP) is 1.81. The molecule has 0 radical (unpaired) electrons. The van der Waals surface area contributed by atoms with Gasteiger partial charge in [0.1, 0.15) is 0 Å². The lowest BCUT2D eigenvalue weighted by Crippen LogP contribution is -2.08. The van der Waals surface area contributed by atoms with E-state index in [1.165, 1.54) is 0 Å². The number of rotatable bonds is 6. The average Bonchev–Trinajstić information content (AvgIpc) is 2.99.